The van der Waals surface area contributed by atoms with E-state index in [0.717, 1.165) is 5.56 Å². The van der Waals surface area contributed by atoms with Crippen LogP contribution in [-0.4, -0.2) is 28.1 Å². The van der Waals surface area contributed by atoms with E-state index in [-0.39, 0.29) is 18.1 Å². The molecule has 1 rings (SSSR count). The van der Waals surface area contributed by atoms with Crippen molar-refractivity contribution in [2.24, 2.45) is 0 Å². The highest BCUT2D eigenvalue weighted by Crippen LogP contribution is 2.08. The number of pyridine rings is 1. The highest BCUT2D eigenvalue weighted by molar-refractivity contribution is 5.76. The van der Waals surface area contributed by atoms with Crippen molar-refractivity contribution in [3.8, 4) is 0 Å². The van der Waals surface area contributed by atoms with Gasteiger partial charge in [0, 0.05) is 31.0 Å². The Hall–Kier alpha value is -1.42. The Morgan fingerprint density at radius 1 is 1.41 bits per heavy atom. The summed E-state index contributed by atoms with van der Waals surface area (Å²) in [7, 11) is 0. The number of hydrogen-bond donors (Lipinski definition) is 2. The van der Waals surface area contributed by atoms with Gasteiger partial charge in [0.15, 0.2) is 0 Å². The summed E-state index contributed by atoms with van der Waals surface area (Å²) in [4.78, 5) is 15.6. The van der Waals surface area contributed by atoms with Crippen molar-refractivity contribution in [3.63, 3.8) is 0 Å². The molecular weight excluding hydrogens is 216 g/mol. The maximum Gasteiger partial charge on any atom is 0.220 e. The lowest BCUT2D eigenvalue weighted by Gasteiger charge is -2.25. The molecule has 1 amide bonds. The Balaban J connectivity index is 2.35. The first-order valence-electron chi connectivity index (χ1n) is 5.84. The average Bonchev–Trinajstić information content (AvgIpc) is 2.27. The lowest BCUT2D eigenvalue weighted by Crippen LogP contribution is -2.44. The molecule has 0 bridgehead atoms. The molecule has 0 atom stereocenters. The Bertz CT molecular complexity index is 350. The van der Waals surface area contributed by atoms with Gasteiger partial charge in [-0.25, -0.2) is 0 Å². The molecule has 0 radical (unpaired) electrons. The number of aliphatic hydroxyl groups excluding tert-OH is 1. The second-order valence-electron chi connectivity index (χ2n) is 4.76. The number of aliphatic hydroxyl groups is 1. The Kier molecular flexibility index (Phi) is 5.10. The number of aromatic nitrogens is 1. The van der Waals surface area contributed by atoms with Crippen molar-refractivity contribution in [1.29, 1.82) is 0 Å². The van der Waals surface area contributed by atoms with Gasteiger partial charge < -0.3 is 10.4 Å². The predicted octanol–water partition coefficient (Wildman–Crippen LogP) is 1.29. The summed E-state index contributed by atoms with van der Waals surface area (Å²) in [6.45, 7) is 3.90. The smallest absolute Gasteiger partial charge is 0.220 e. The predicted molar refractivity (Wildman–Crippen MR) is 66.5 cm³/mol. The van der Waals surface area contributed by atoms with Crippen LogP contribution in [0.2, 0.25) is 0 Å². The van der Waals surface area contributed by atoms with E-state index in [4.69, 9.17) is 5.11 Å². The molecule has 0 fully saturated rings. The average molecular weight is 236 g/mol. The minimum absolute atomic E-state index is 0.0141. The number of nitrogens with one attached hydrogen (secondary N) is 1. The number of nitrogens with zero attached hydrogens (tertiary/aromatic N) is 1. The van der Waals surface area contributed by atoms with E-state index in [1.165, 1.54) is 0 Å². The van der Waals surface area contributed by atoms with Crippen molar-refractivity contribution in [1.82, 2.24) is 10.3 Å². The third-order valence-electron chi connectivity index (χ3n) is 2.60. The number of hydrogen-bond acceptors (Lipinski definition) is 3. The molecule has 17 heavy (non-hydrogen) atoms. The minimum atomic E-state index is -0.343. The summed E-state index contributed by atoms with van der Waals surface area (Å²) in [5.41, 5.74) is 0.763. The van der Waals surface area contributed by atoms with Gasteiger partial charge in [-0.3, -0.25) is 9.78 Å². The summed E-state index contributed by atoms with van der Waals surface area (Å²) in [6, 6.07) is 3.82. The van der Waals surface area contributed by atoms with Gasteiger partial charge in [0.2, 0.25) is 5.91 Å². The Labute approximate surface area is 102 Å². The summed E-state index contributed by atoms with van der Waals surface area (Å²) in [5, 5.41) is 11.8. The molecule has 0 spiro atoms. The molecule has 4 nitrogen and oxygen atoms in total. The number of carbonyl (C=O) groups excluding carboxylic acids is 1. The fraction of sp³-hybridized carbons (Fsp3) is 0.538. The molecule has 0 unspecified atom stereocenters. The van der Waals surface area contributed by atoms with Crippen LogP contribution in [0.1, 0.15) is 32.3 Å². The van der Waals surface area contributed by atoms with Crippen LogP contribution in [0.4, 0.5) is 0 Å². The molecule has 4 heteroatoms. The maximum absolute atomic E-state index is 11.7. The Morgan fingerprint density at radius 3 is 2.65 bits per heavy atom. The number of aryl methyl sites for hydroxylation is 1. The molecule has 0 aromatic carbocycles. The molecule has 0 saturated carbocycles. The highest BCUT2D eigenvalue weighted by atomic mass is 16.3. The van der Waals surface area contributed by atoms with Crippen LogP contribution < -0.4 is 5.32 Å². The van der Waals surface area contributed by atoms with Crippen LogP contribution in [0.5, 0.6) is 0 Å². The zero-order chi connectivity index (χ0) is 12.7. The summed E-state index contributed by atoms with van der Waals surface area (Å²) < 4.78 is 0. The fourth-order valence-electron chi connectivity index (χ4n) is 1.59. The summed E-state index contributed by atoms with van der Waals surface area (Å²) >= 11 is 0. The van der Waals surface area contributed by atoms with Crippen molar-refractivity contribution < 1.29 is 9.90 Å². The standard InChI is InChI=1S/C13H20N2O2/c1-13(2,7-10-16)15-12(17)4-3-11-5-8-14-9-6-11/h5-6,8-9,16H,3-4,7,10H2,1-2H3,(H,15,17). The van der Waals surface area contributed by atoms with Gasteiger partial charge in [0.25, 0.3) is 0 Å². The van der Waals surface area contributed by atoms with Crippen LogP contribution >= 0.6 is 0 Å². The largest absolute Gasteiger partial charge is 0.396 e. The normalized spacial score (nSPS) is 11.2. The lowest BCUT2D eigenvalue weighted by molar-refractivity contribution is -0.122. The van der Waals surface area contributed by atoms with Gasteiger partial charge in [-0.05, 0) is 44.4 Å². The fourth-order valence-corrected chi connectivity index (χ4v) is 1.59. The molecule has 0 saturated heterocycles. The second-order valence-corrected chi connectivity index (χ2v) is 4.76. The summed E-state index contributed by atoms with van der Waals surface area (Å²) in [5.74, 6) is 0.0141. The SMILES string of the molecule is CC(C)(CCO)NC(=O)CCc1ccncc1. The van der Waals surface area contributed by atoms with Crippen molar-refractivity contribution in [3.05, 3.63) is 30.1 Å². The van der Waals surface area contributed by atoms with E-state index < -0.39 is 0 Å². The monoisotopic (exact) mass is 236 g/mol. The molecule has 0 aliphatic carbocycles. The molecular formula is C13H20N2O2. The third kappa shape index (κ3) is 5.45. The summed E-state index contributed by atoms with van der Waals surface area (Å²) in [6.07, 6.45) is 5.18. The van der Waals surface area contributed by atoms with E-state index in [2.05, 4.69) is 10.3 Å². The molecule has 0 aliphatic heterocycles. The van der Waals surface area contributed by atoms with E-state index in [0.29, 0.717) is 19.3 Å². The minimum Gasteiger partial charge on any atom is -0.396 e. The van der Waals surface area contributed by atoms with E-state index in [1.807, 2.05) is 26.0 Å². The van der Waals surface area contributed by atoms with Gasteiger partial charge in [-0.15, -0.1) is 0 Å². The molecule has 2 N–H and O–H groups in total. The van der Waals surface area contributed by atoms with Gasteiger partial charge >= 0.3 is 0 Å². The first-order chi connectivity index (χ1) is 8.03. The quantitative estimate of drug-likeness (QED) is 0.782. The first kappa shape index (κ1) is 13.6. The van der Waals surface area contributed by atoms with Crippen LogP contribution in [0.25, 0.3) is 0 Å². The number of amides is 1. The number of rotatable bonds is 6. The second kappa shape index (κ2) is 6.35. The van der Waals surface area contributed by atoms with Crippen LogP contribution in [-0.2, 0) is 11.2 Å². The van der Waals surface area contributed by atoms with Crippen LogP contribution in [0, 0.1) is 0 Å². The number of carbonyl (C=O) groups is 1. The first-order valence-corrected chi connectivity index (χ1v) is 5.84. The van der Waals surface area contributed by atoms with Crippen LogP contribution in [0.3, 0.4) is 0 Å². The Morgan fingerprint density at radius 2 is 2.06 bits per heavy atom. The van der Waals surface area contributed by atoms with Crippen molar-refractivity contribution >= 4 is 5.91 Å². The molecule has 94 valence electrons. The van der Waals surface area contributed by atoms with Crippen LogP contribution in [0.15, 0.2) is 24.5 Å². The van der Waals surface area contributed by atoms with Gasteiger partial charge in [-0.1, -0.05) is 0 Å². The molecule has 0 aliphatic rings. The van der Waals surface area contributed by atoms with Crippen molar-refractivity contribution in [2.45, 2.75) is 38.6 Å². The van der Waals surface area contributed by atoms with E-state index >= 15 is 0 Å². The molecule has 1 heterocycles. The van der Waals surface area contributed by atoms with Gasteiger partial charge in [0.1, 0.15) is 0 Å². The van der Waals surface area contributed by atoms with Gasteiger partial charge in [-0.2, -0.15) is 0 Å². The topological polar surface area (TPSA) is 62.2 Å². The lowest BCUT2D eigenvalue weighted by atomic mass is 10.0. The third-order valence-corrected chi connectivity index (χ3v) is 2.60. The molecule has 1 aromatic heterocycles. The van der Waals surface area contributed by atoms with Crippen molar-refractivity contribution in [2.75, 3.05) is 6.61 Å². The zero-order valence-electron chi connectivity index (χ0n) is 10.4. The highest BCUT2D eigenvalue weighted by Gasteiger charge is 2.19. The zero-order valence-corrected chi connectivity index (χ0v) is 10.4. The van der Waals surface area contributed by atoms with E-state index in [9.17, 15) is 4.79 Å². The van der Waals surface area contributed by atoms with E-state index in [1.54, 1.807) is 12.4 Å². The van der Waals surface area contributed by atoms with Gasteiger partial charge in [0.05, 0.1) is 0 Å². The molecule has 1 aromatic rings. The maximum atomic E-state index is 11.7.